The number of rotatable bonds is 21. The number of nitrogens with one attached hydrogen (secondary N) is 1. The van der Waals surface area contributed by atoms with Crippen molar-refractivity contribution in [3.63, 3.8) is 0 Å². The molecule has 1 fully saturated rings. The molecule has 2 unspecified atom stereocenters. The second-order valence-electron chi connectivity index (χ2n) is 10.2. The van der Waals surface area contributed by atoms with Crippen LogP contribution in [0.5, 0.6) is 0 Å². The lowest BCUT2D eigenvalue weighted by molar-refractivity contribution is -0.326. The molecule has 1 saturated heterocycles. The number of carbonyl (C=O) groups is 1. The van der Waals surface area contributed by atoms with Gasteiger partial charge in [-0.2, -0.15) is 0 Å². The maximum absolute atomic E-state index is 12.3. The molecule has 1 aliphatic heterocycles. The Labute approximate surface area is 225 Å². The molecule has 0 spiro atoms. The van der Waals surface area contributed by atoms with E-state index in [1.165, 1.54) is 51.4 Å². The molecule has 0 bridgehead atoms. The standard InChI is InChI=1S/C26H51NO11/c1-2-3-4-5-6-7-8-9-10-11-12-13-14-27-25(36)22(34)21(33)24(17(30)15-28)38-26-23(35)20(32)19(31)18(16-29)37-26/h17-24,26,28-35H,2-16H2,1H3,(H,27,36)/t17-,18?,19-,20+,21-,22-,23?,24-,26+/m1/s1. The van der Waals surface area contributed by atoms with E-state index in [9.17, 15) is 45.6 Å². The summed E-state index contributed by atoms with van der Waals surface area (Å²) in [6, 6.07) is 0. The Morgan fingerprint density at radius 3 is 1.84 bits per heavy atom. The van der Waals surface area contributed by atoms with Crippen LogP contribution in [0.1, 0.15) is 84.0 Å². The fourth-order valence-electron chi connectivity index (χ4n) is 4.45. The summed E-state index contributed by atoms with van der Waals surface area (Å²) in [5.41, 5.74) is 0. The van der Waals surface area contributed by atoms with Crippen LogP contribution in [0, 0.1) is 0 Å². The SMILES string of the molecule is CCCCCCCCCCCCCCNC(=O)[C@H](O)[C@@H](O)[C@H](O[C@@H]1OC(CO)[C@@H](O)[C@H](O)C1O)[C@H](O)CO. The van der Waals surface area contributed by atoms with Gasteiger partial charge in [-0.05, 0) is 6.42 Å². The van der Waals surface area contributed by atoms with Gasteiger partial charge in [0.05, 0.1) is 13.2 Å². The van der Waals surface area contributed by atoms with Crippen LogP contribution < -0.4 is 5.32 Å². The van der Waals surface area contributed by atoms with E-state index >= 15 is 0 Å². The molecule has 9 atom stereocenters. The van der Waals surface area contributed by atoms with Gasteiger partial charge >= 0.3 is 0 Å². The second-order valence-corrected chi connectivity index (χ2v) is 10.2. The minimum atomic E-state index is -2.04. The van der Waals surface area contributed by atoms with Crippen LogP contribution in [0.25, 0.3) is 0 Å². The first-order valence-corrected chi connectivity index (χ1v) is 14.1. The Hall–Kier alpha value is -0.930. The molecule has 1 amide bonds. The summed E-state index contributed by atoms with van der Waals surface area (Å²) in [5, 5.41) is 82.0. The molecular weight excluding hydrogens is 502 g/mol. The molecule has 226 valence electrons. The topological polar surface area (TPSA) is 209 Å². The van der Waals surface area contributed by atoms with Gasteiger partial charge in [-0.15, -0.1) is 0 Å². The van der Waals surface area contributed by atoms with Crippen molar-refractivity contribution in [3.05, 3.63) is 0 Å². The number of ether oxygens (including phenoxy) is 2. The minimum Gasteiger partial charge on any atom is -0.394 e. The molecule has 1 rings (SSSR count). The van der Waals surface area contributed by atoms with Crippen LogP contribution >= 0.6 is 0 Å². The van der Waals surface area contributed by atoms with Crippen molar-refractivity contribution in [2.45, 2.75) is 139 Å². The molecule has 0 saturated carbocycles. The van der Waals surface area contributed by atoms with Crippen LogP contribution in [0.3, 0.4) is 0 Å². The van der Waals surface area contributed by atoms with Gasteiger partial charge in [0.15, 0.2) is 12.4 Å². The van der Waals surface area contributed by atoms with Crippen molar-refractivity contribution in [2.75, 3.05) is 19.8 Å². The number of carbonyl (C=O) groups excluding carboxylic acids is 1. The third kappa shape index (κ3) is 12.1. The highest BCUT2D eigenvalue weighted by atomic mass is 16.7. The van der Waals surface area contributed by atoms with Crippen LogP contribution in [0.2, 0.25) is 0 Å². The van der Waals surface area contributed by atoms with Crippen LogP contribution in [0.4, 0.5) is 0 Å². The second kappa shape index (κ2) is 20.0. The van der Waals surface area contributed by atoms with E-state index < -0.39 is 74.2 Å². The molecule has 1 heterocycles. The van der Waals surface area contributed by atoms with Gasteiger partial charge in [0, 0.05) is 6.54 Å². The monoisotopic (exact) mass is 553 g/mol. The first-order valence-electron chi connectivity index (χ1n) is 14.1. The van der Waals surface area contributed by atoms with Crippen molar-refractivity contribution < 1.29 is 55.1 Å². The molecule has 12 heteroatoms. The Kier molecular flexibility index (Phi) is 18.5. The Balaban J connectivity index is 2.40. The number of aliphatic hydroxyl groups excluding tert-OH is 8. The van der Waals surface area contributed by atoms with E-state index in [1.54, 1.807) is 0 Å². The molecule has 1 aliphatic rings. The summed E-state index contributed by atoms with van der Waals surface area (Å²) in [5.74, 6) is -0.909. The average molecular weight is 554 g/mol. The van der Waals surface area contributed by atoms with Gasteiger partial charge in [0.25, 0.3) is 5.91 Å². The van der Waals surface area contributed by atoms with Crippen molar-refractivity contribution in [1.29, 1.82) is 0 Å². The molecule has 9 N–H and O–H groups in total. The third-order valence-electron chi connectivity index (χ3n) is 6.96. The first kappa shape index (κ1) is 35.1. The maximum Gasteiger partial charge on any atom is 0.251 e. The lowest BCUT2D eigenvalue weighted by Crippen LogP contribution is -2.62. The van der Waals surface area contributed by atoms with Crippen LogP contribution in [-0.2, 0) is 14.3 Å². The normalized spacial score (nSPS) is 27.0. The summed E-state index contributed by atoms with van der Waals surface area (Å²) >= 11 is 0. The predicted octanol–water partition coefficient (Wildman–Crippen LogP) is -0.936. The lowest BCUT2D eigenvalue weighted by Gasteiger charge is -2.42. The quantitative estimate of drug-likeness (QED) is 0.0792. The van der Waals surface area contributed by atoms with E-state index in [1.807, 2.05) is 0 Å². The summed E-state index contributed by atoms with van der Waals surface area (Å²) in [6.07, 6.45) is -2.07. The Morgan fingerprint density at radius 2 is 1.34 bits per heavy atom. The molecule has 0 aromatic heterocycles. The van der Waals surface area contributed by atoms with Crippen molar-refractivity contribution in [2.24, 2.45) is 0 Å². The van der Waals surface area contributed by atoms with E-state index in [0.29, 0.717) is 6.42 Å². The van der Waals surface area contributed by atoms with E-state index in [0.717, 1.165) is 19.3 Å². The van der Waals surface area contributed by atoms with Gasteiger partial charge in [0.2, 0.25) is 0 Å². The van der Waals surface area contributed by atoms with Gasteiger partial charge in [-0.25, -0.2) is 0 Å². The smallest absolute Gasteiger partial charge is 0.251 e. The summed E-state index contributed by atoms with van der Waals surface area (Å²) in [6.45, 7) is 0.834. The number of hydrogen-bond donors (Lipinski definition) is 9. The summed E-state index contributed by atoms with van der Waals surface area (Å²) < 4.78 is 10.5. The first-order chi connectivity index (χ1) is 18.2. The zero-order valence-electron chi connectivity index (χ0n) is 22.6. The molecule has 0 aromatic carbocycles. The zero-order chi connectivity index (χ0) is 28.5. The van der Waals surface area contributed by atoms with Crippen molar-refractivity contribution >= 4 is 5.91 Å². The van der Waals surface area contributed by atoms with E-state index in [4.69, 9.17) is 9.47 Å². The maximum atomic E-state index is 12.3. The molecule has 0 radical (unpaired) electrons. The number of hydrogen-bond acceptors (Lipinski definition) is 11. The fraction of sp³-hybridized carbons (Fsp3) is 0.962. The lowest BCUT2D eigenvalue weighted by atomic mass is 9.98. The van der Waals surface area contributed by atoms with Gasteiger partial charge in [0.1, 0.15) is 42.7 Å². The van der Waals surface area contributed by atoms with Gasteiger partial charge in [-0.1, -0.05) is 77.6 Å². The largest absolute Gasteiger partial charge is 0.394 e. The third-order valence-corrected chi connectivity index (χ3v) is 6.96. The van der Waals surface area contributed by atoms with Crippen molar-refractivity contribution in [3.8, 4) is 0 Å². The van der Waals surface area contributed by atoms with E-state index in [-0.39, 0.29) is 6.54 Å². The van der Waals surface area contributed by atoms with E-state index in [2.05, 4.69) is 12.2 Å². The summed E-state index contributed by atoms with van der Waals surface area (Å²) in [7, 11) is 0. The highest BCUT2D eigenvalue weighted by molar-refractivity contribution is 5.81. The van der Waals surface area contributed by atoms with Gasteiger partial charge in [-0.3, -0.25) is 4.79 Å². The molecule has 38 heavy (non-hydrogen) atoms. The Morgan fingerprint density at radius 1 is 0.816 bits per heavy atom. The number of aliphatic hydroxyl groups is 8. The molecular formula is C26H51NO11. The summed E-state index contributed by atoms with van der Waals surface area (Å²) in [4.78, 5) is 12.3. The average Bonchev–Trinajstić information content (AvgIpc) is 2.92. The van der Waals surface area contributed by atoms with Gasteiger partial charge < -0.3 is 55.6 Å². The molecule has 0 aromatic rings. The fourth-order valence-corrected chi connectivity index (χ4v) is 4.45. The highest BCUT2D eigenvalue weighted by Crippen LogP contribution is 2.25. The van der Waals surface area contributed by atoms with Crippen LogP contribution in [0.15, 0.2) is 0 Å². The van der Waals surface area contributed by atoms with Crippen molar-refractivity contribution in [1.82, 2.24) is 5.32 Å². The zero-order valence-corrected chi connectivity index (χ0v) is 22.6. The highest BCUT2D eigenvalue weighted by Gasteiger charge is 2.47. The minimum absolute atomic E-state index is 0.279. The van der Waals surface area contributed by atoms with Crippen LogP contribution in [-0.4, -0.2) is 122 Å². The predicted molar refractivity (Wildman–Crippen MR) is 138 cm³/mol. The number of amides is 1. The Bertz CT molecular complexity index is 612. The molecule has 0 aliphatic carbocycles. The molecule has 12 nitrogen and oxygen atoms in total. The number of unbranched alkanes of at least 4 members (excludes halogenated alkanes) is 11.